The SMILES string of the molecule is O=Cc1ccc(/C=C(/F)C(F)(F)F)s1. The van der Waals surface area contributed by atoms with Gasteiger partial charge in [0.05, 0.1) is 4.88 Å². The zero-order valence-corrected chi connectivity index (χ0v) is 7.45. The van der Waals surface area contributed by atoms with Crippen LogP contribution in [0.15, 0.2) is 18.0 Å². The Balaban J connectivity index is 2.92. The quantitative estimate of drug-likeness (QED) is 0.555. The van der Waals surface area contributed by atoms with Crippen molar-refractivity contribution < 1.29 is 22.4 Å². The number of allylic oxidation sites excluding steroid dienone is 1. The highest BCUT2D eigenvalue weighted by Gasteiger charge is 2.34. The fourth-order valence-electron chi connectivity index (χ4n) is 0.716. The van der Waals surface area contributed by atoms with Crippen LogP contribution in [0.25, 0.3) is 6.08 Å². The van der Waals surface area contributed by atoms with E-state index in [1.54, 1.807) is 0 Å². The van der Waals surface area contributed by atoms with Gasteiger partial charge in [0.15, 0.2) is 6.29 Å². The Hall–Kier alpha value is -1.17. The molecule has 0 spiro atoms. The zero-order valence-electron chi connectivity index (χ0n) is 6.64. The fourth-order valence-corrected chi connectivity index (χ4v) is 1.47. The van der Waals surface area contributed by atoms with Crippen LogP contribution in [-0.2, 0) is 0 Å². The van der Waals surface area contributed by atoms with Crippen molar-refractivity contribution in [1.29, 1.82) is 0 Å². The van der Waals surface area contributed by atoms with Gasteiger partial charge in [0.25, 0.3) is 0 Å². The molecule has 0 bridgehead atoms. The first-order valence-electron chi connectivity index (χ1n) is 3.43. The number of halogens is 4. The minimum Gasteiger partial charge on any atom is -0.297 e. The van der Waals surface area contributed by atoms with Crippen molar-refractivity contribution >= 4 is 23.7 Å². The van der Waals surface area contributed by atoms with Gasteiger partial charge < -0.3 is 0 Å². The second-order valence-corrected chi connectivity index (χ2v) is 3.49. The number of hydrogen-bond acceptors (Lipinski definition) is 2. The van der Waals surface area contributed by atoms with Crippen LogP contribution < -0.4 is 0 Å². The van der Waals surface area contributed by atoms with Crippen LogP contribution in [0.2, 0.25) is 0 Å². The predicted octanol–water partition coefficient (Wildman–Crippen LogP) is 3.43. The van der Waals surface area contributed by atoms with Crippen molar-refractivity contribution in [3.05, 3.63) is 27.7 Å². The monoisotopic (exact) mass is 224 g/mol. The minimum absolute atomic E-state index is 0.0573. The maximum absolute atomic E-state index is 12.4. The highest BCUT2D eigenvalue weighted by molar-refractivity contribution is 7.14. The molecule has 0 fully saturated rings. The number of carbonyl (C=O) groups is 1. The molecule has 0 radical (unpaired) electrons. The molecule has 0 aromatic carbocycles. The molecule has 0 saturated heterocycles. The molecule has 0 saturated carbocycles. The summed E-state index contributed by atoms with van der Waals surface area (Å²) in [6, 6.07) is 2.58. The van der Waals surface area contributed by atoms with Crippen molar-refractivity contribution in [1.82, 2.24) is 0 Å². The summed E-state index contributed by atoms with van der Waals surface area (Å²) >= 11 is 0.793. The maximum Gasteiger partial charge on any atom is 0.442 e. The first-order chi connectivity index (χ1) is 6.43. The summed E-state index contributed by atoms with van der Waals surface area (Å²) in [5, 5.41) is 0. The molecule has 1 aromatic rings. The molecule has 0 N–H and O–H groups in total. The number of carbonyl (C=O) groups excluding carboxylic acids is 1. The van der Waals surface area contributed by atoms with Gasteiger partial charge >= 0.3 is 6.18 Å². The average Bonchev–Trinajstić information content (AvgIpc) is 2.50. The summed E-state index contributed by atoms with van der Waals surface area (Å²) in [7, 11) is 0. The normalized spacial score (nSPS) is 13.0. The van der Waals surface area contributed by atoms with Crippen molar-refractivity contribution in [2.75, 3.05) is 0 Å². The lowest BCUT2D eigenvalue weighted by atomic mass is 10.4. The van der Waals surface area contributed by atoms with Crippen LogP contribution in [0.5, 0.6) is 0 Å². The summed E-state index contributed by atoms with van der Waals surface area (Å²) in [6.45, 7) is 0. The molecule has 0 aliphatic rings. The van der Waals surface area contributed by atoms with Gasteiger partial charge in [-0.2, -0.15) is 13.2 Å². The summed E-state index contributed by atoms with van der Waals surface area (Å²) in [6.07, 6.45) is -4.11. The van der Waals surface area contributed by atoms with Crippen molar-refractivity contribution in [3.8, 4) is 0 Å². The number of rotatable bonds is 2. The highest BCUT2D eigenvalue weighted by Crippen LogP contribution is 2.29. The number of alkyl halides is 3. The van der Waals surface area contributed by atoms with Gasteiger partial charge in [0.2, 0.25) is 5.83 Å². The van der Waals surface area contributed by atoms with Crippen LogP contribution in [-0.4, -0.2) is 12.5 Å². The molecule has 1 rings (SSSR count). The Labute approximate surface area is 80.7 Å². The number of hydrogen-bond donors (Lipinski definition) is 0. The topological polar surface area (TPSA) is 17.1 Å². The van der Waals surface area contributed by atoms with E-state index in [-0.39, 0.29) is 9.75 Å². The standard InChI is InChI=1S/C8H4F4OS/c9-7(8(10,11)12)3-5-1-2-6(4-13)14-5/h1-4H/b7-3+. The number of aldehydes is 1. The second-order valence-electron chi connectivity index (χ2n) is 2.35. The lowest BCUT2D eigenvalue weighted by Gasteiger charge is -2.00. The Kier molecular flexibility index (Phi) is 3.05. The van der Waals surface area contributed by atoms with E-state index < -0.39 is 12.0 Å². The molecular formula is C8H4F4OS. The third kappa shape index (κ3) is 2.66. The van der Waals surface area contributed by atoms with E-state index in [1.807, 2.05) is 0 Å². The van der Waals surface area contributed by atoms with Gasteiger partial charge in [-0.25, -0.2) is 4.39 Å². The smallest absolute Gasteiger partial charge is 0.297 e. The fraction of sp³-hybridized carbons (Fsp3) is 0.125. The summed E-state index contributed by atoms with van der Waals surface area (Å²) < 4.78 is 47.5. The molecule has 6 heteroatoms. The Morgan fingerprint density at radius 3 is 2.29 bits per heavy atom. The van der Waals surface area contributed by atoms with E-state index in [9.17, 15) is 22.4 Å². The van der Waals surface area contributed by atoms with Crippen LogP contribution in [0, 0.1) is 0 Å². The summed E-state index contributed by atoms with van der Waals surface area (Å²) in [5.74, 6) is -2.17. The molecule has 1 aromatic heterocycles. The molecule has 76 valence electrons. The van der Waals surface area contributed by atoms with Crippen molar-refractivity contribution in [2.24, 2.45) is 0 Å². The van der Waals surface area contributed by atoms with Gasteiger partial charge in [0.1, 0.15) is 0 Å². The molecule has 0 atom stereocenters. The van der Waals surface area contributed by atoms with Gasteiger partial charge in [-0.3, -0.25) is 4.79 Å². The second kappa shape index (κ2) is 3.91. The van der Waals surface area contributed by atoms with Crippen molar-refractivity contribution in [2.45, 2.75) is 6.18 Å². The first kappa shape index (κ1) is 10.9. The summed E-state index contributed by atoms with van der Waals surface area (Å²) in [5.41, 5.74) is 0. The molecule has 1 heterocycles. The van der Waals surface area contributed by atoms with E-state index in [1.165, 1.54) is 12.1 Å². The lowest BCUT2D eigenvalue weighted by Crippen LogP contribution is -2.07. The highest BCUT2D eigenvalue weighted by atomic mass is 32.1. The molecule has 0 unspecified atom stereocenters. The molecule has 0 amide bonds. The Morgan fingerprint density at radius 1 is 1.29 bits per heavy atom. The lowest BCUT2D eigenvalue weighted by molar-refractivity contribution is -0.107. The van der Waals surface area contributed by atoms with Gasteiger partial charge in [-0.15, -0.1) is 11.3 Å². The predicted molar refractivity (Wildman–Crippen MR) is 44.8 cm³/mol. The van der Waals surface area contributed by atoms with E-state index in [0.717, 1.165) is 11.3 Å². The van der Waals surface area contributed by atoms with E-state index in [0.29, 0.717) is 12.4 Å². The summed E-state index contributed by atoms with van der Waals surface area (Å²) in [4.78, 5) is 10.5. The average molecular weight is 224 g/mol. The maximum atomic E-state index is 12.4. The Morgan fingerprint density at radius 2 is 1.86 bits per heavy atom. The molecular weight excluding hydrogens is 220 g/mol. The van der Waals surface area contributed by atoms with Crippen LogP contribution in [0.3, 0.4) is 0 Å². The molecule has 1 nitrogen and oxygen atoms in total. The van der Waals surface area contributed by atoms with E-state index in [2.05, 4.69) is 0 Å². The molecule has 0 aliphatic carbocycles. The largest absolute Gasteiger partial charge is 0.442 e. The van der Waals surface area contributed by atoms with Crippen LogP contribution in [0.4, 0.5) is 17.6 Å². The molecule has 14 heavy (non-hydrogen) atoms. The van der Waals surface area contributed by atoms with Crippen LogP contribution >= 0.6 is 11.3 Å². The van der Waals surface area contributed by atoms with E-state index >= 15 is 0 Å². The van der Waals surface area contributed by atoms with Gasteiger partial charge in [-0.1, -0.05) is 0 Å². The first-order valence-corrected chi connectivity index (χ1v) is 4.24. The zero-order chi connectivity index (χ0) is 10.8. The minimum atomic E-state index is -4.97. The number of thiophene rings is 1. The third-order valence-electron chi connectivity index (χ3n) is 1.30. The van der Waals surface area contributed by atoms with Gasteiger partial charge in [-0.05, 0) is 18.2 Å². The van der Waals surface area contributed by atoms with Gasteiger partial charge in [0, 0.05) is 4.88 Å². The third-order valence-corrected chi connectivity index (χ3v) is 2.26. The Bertz CT molecular complexity index is 364. The van der Waals surface area contributed by atoms with Crippen molar-refractivity contribution in [3.63, 3.8) is 0 Å². The van der Waals surface area contributed by atoms with E-state index in [4.69, 9.17) is 0 Å². The molecule has 0 aliphatic heterocycles. The van der Waals surface area contributed by atoms with Crippen LogP contribution in [0.1, 0.15) is 14.5 Å².